The van der Waals surface area contributed by atoms with Crippen LogP contribution < -0.4 is 4.74 Å². The molecule has 0 aliphatic heterocycles. The van der Waals surface area contributed by atoms with Crippen LogP contribution in [-0.4, -0.2) is 6.61 Å². The summed E-state index contributed by atoms with van der Waals surface area (Å²) in [5, 5.41) is 2.61. The van der Waals surface area contributed by atoms with Crippen molar-refractivity contribution in [3.63, 3.8) is 0 Å². The van der Waals surface area contributed by atoms with E-state index in [0.717, 1.165) is 18.6 Å². The van der Waals surface area contributed by atoms with Gasteiger partial charge in [-0.2, -0.15) is 0 Å². The van der Waals surface area contributed by atoms with Crippen molar-refractivity contribution in [3.8, 4) is 5.75 Å². The first-order valence-electron chi connectivity index (χ1n) is 6.59. The van der Waals surface area contributed by atoms with Crippen molar-refractivity contribution >= 4 is 10.8 Å². The van der Waals surface area contributed by atoms with Crippen LogP contribution in [0, 0.1) is 0 Å². The predicted molar refractivity (Wildman–Crippen MR) is 78.4 cm³/mol. The van der Waals surface area contributed by atoms with Crippen molar-refractivity contribution in [1.29, 1.82) is 0 Å². The van der Waals surface area contributed by atoms with E-state index in [1.807, 2.05) is 0 Å². The van der Waals surface area contributed by atoms with E-state index in [2.05, 4.69) is 50.8 Å². The van der Waals surface area contributed by atoms with Gasteiger partial charge in [0.25, 0.3) is 0 Å². The molecule has 0 aromatic heterocycles. The number of fused-ring (bicyclic) bond motifs is 1. The number of rotatable bonds is 5. The van der Waals surface area contributed by atoms with Crippen molar-refractivity contribution < 1.29 is 4.74 Å². The quantitative estimate of drug-likeness (QED) is 0.698. The van der Waals surface area contributed by atoms with Crippen molar-refractivity contribution in [2.24, 2.45) is 0 Å². The second kappa shape index (κ2) is 5.72. The molecule has 94 valence electrons. The van der Waals surface area contributed by atoms with E-state index in [9.17, 15) is 0 Å². The van der Waals surface area contributed by atoms with Crippen molar-refractivity contribution in [2.45, 2.75) is 26.7 Å². The molecule has 2 aromatic carbocycles. The summed E-state index contributed by atoms with van der Waals surface area (Å²) in [7, 11) is 0. The van der Waals surface area contributed by atoms with Gasteiger partial charge in [0.15, 0.2) is 0 Å². The Labute approximate surface area is 109 Å². The fraction of sp³-hybridized carbons (Fsp3) is 0.294. The molecule has 0 saturated carbocycles. The van der Waals surface area contributed by atoms with Gasteiger partial charge in [-0.3, -0.25) is 0 Å². The summed E-state index contributed by atoms with van der Waals surface area (Å²) in [5.41, 5.74) is 2.74. The summed E-state index contributed by atoms with van der Waals surface area (Å²) in [5.74, 6) is 1.01. The minimum absolute atomic E-state index is 0.564. The molecule has 1 nitrogen and oxygen atoms in total. The minimum Gasteiger partial charge on any atom is -0.489 e. The molecule has 0 N–H and O–H groups in total. The number of benzene rings is 2. The zero-order valence-corrected chi connectivity index (χ0v) is 11.2. The van der Waals surface area contributed by atoms with Gasteiger partial charge in [-0.05, 0) is 40.8 Å². The Morgan fingerprint density at radius 3 is 2.50 bits per heavy atom. The summed E-state index contributed by atoms with van der Waals surface area (Å²) in [6.45, 7) is 8.67. The molecule has 1 heteroatoms. The molecular weight excluding hydrogens is 220 g/mol. The van der Waals surface area contributed by atoms with E-state index in [1.54, 1.807) is 6.08 Å². The van der Waals surface area contributed by atoms with E-state index in [0.29, 0.717) is 6.61 Å². The molecule has 0 bridgehead atoms. The highest BCUT2D eigenvalue weighted by Gasteiger charge is 2.11. The standard InChI is InChI=1S/C17H20O/c1-4-11-18-17-12-13-9-7-8-10-16(13)14(5-2)15(17)6-3/h4,7-10,12H,1,5-6,11H2,2-3H3. The average molecular weight is 240 g/mol. The monoisotopic (exact) mass is 240 g/mol. The van der Waals surface area contributed by atoms with E-state index in [4.69, 9.17) is 4.74 Å². The van der Waals surface area contributed by atoms with E-state index in [1.165, 1.54) is 21.9 Å². The van der Waals surface area contributed by atoms with Crippen molar-refractivity contribution in [3.05, 3.63) is 54.1 Å². The molecule has 0 saturated heterocycles. The first-order valence-corrected chi connectivity index (χ1v) is 6.59. The maximum atomic E-state index is 5.81. The van der Waals surface area contributed by atoms with Crippen molar-refractivity contribution in [2.75, 3.05) is 6.61 Å². The lowest BCUT2D eigenvalue weighted by Gasteiger charge is -2.16. The average Bonchev–Trinajstić information content (AvgIpc) is 2.43. The molecule has 2 aromatic rings. The number of hydrogen-bond acceptors (Lipinski definition) is 1. The number of aryl methyl sites for hydroxylation is 1. The Bertz CT molecular complexity index is 555. The highest BCUT2D eigenvalue weighted by atomic mass is 16.5. The fourth-order valence-corrected chi connectivity index (χ4v) is 2.51. The molecule has 0 atom stereocenters. The van der Waals surface area contributed by atoms with Gasteiger partial charge in [-0.1, -0.05) is 50.8 Å². The van der Waals surface area contributed by atoms with Crippen molar-refractivity contribution in [1.82, 2.24) is 0 Å². The smallest absolute Gasteiger partial charge is 0.123 e. The van der Waals surface area contributed by atoms with Gasteiger partial charge in [0.2, 0.25) is 0 Å². The molecule has 0 aliphatic rings. The highest BCUT2D eigenvalue weighted by Crippen LogP contribution is 2.32. The summed E-state index contributed by atoms with van der Waals surface area (Å²) in [4.78, 5) is 0. The molecule has 2 rings (SSSR count). The predicted octanol–water partition coefficient (Wildman–Crippen LogP) is 4.53. The molecule has 0 spiro atoms. The molecular formula is C17H20O. The van der Waals surface area contributed by atoms with Gasteiger partial charge in [-0.25, -0.2) is 0 Å². The molecule has 0 aliphatic carbocycles. The third-order valence-corrected chi connectivity index (χ3v) is 3.30. The number of hydrogen-bond donors (Lipinski definition) is 0. The summed E-state index contributed by atoms with van der Waals surface area (Å²) < 4.78 is 5.81. The van der Waals surface area contributed by atoms with Gasteiger partial charge in [0, 0.05) is 0 Å². The summed E-state index contributed by atoms with van der Waals surface area (Å²) >= 11 is 0. The fourth-order valence-electron chi connectivity index (χ4n) is 2.51. The van der Waals surface area contributed by atoms with E-state index >= 15 is 0 Å². The SMILES string of the molecule is C=CCOc1cc2ccccc2c(CC)c1CC. The minimum atomic E-state index is 0.564. The Morgan fingerprint density at radius 2 is 1.83 bits per heavy atom. The molecule has 0 radical (unpaired) electrons. The second-order valence-electron chi connectivity index (χ2n) is 4.36. The maximum absolute atomic E-state index is 5.81. The van der Waals surface area contributed by atoms with Crippen LogP contribution in [0.5, 0.6) is 5.75 Å². The second-order valence-corrected chi connectivity index (χ2v) is 4.36. The normalized spacial score (nSPS) is 10.6. The van der Waals surface area contributed by atoms with Crippen LogP contribution in [0.4, 0.5) is 0 Å². The first-order chi connectivity index (χ1) is 8.81. The zero-order chi connectivity index (χ0) is 13.0. The van der Waals surface area contributed by atoms with Crippen LogP contribution >= 0.6 is 0 Å². The molecule has 0 heterocycles. The van der Waals surface area contributed by atoms with E-state index in [-0.39, 0.29) is 0 Å². The third-order valence-electron chi connectivity index (χ3n) is 3.30. The summed E-state index contributed by atoms with van der Waals surface area (Å²) in [6, 6.07) is 10.7. The molecule has 18 heavy (non-hydrogen) atoms. The largest absolute Gasteiger partial charge is 0.489 e. The number of ether oxygens (including phenoxy) is 1. The Morgan fingerprint density at radius 1 is 1.11 bits per heavy atom. The summed E-state index contributed by atoms with van der Waals surface area (Å²) in [6.07, 6.45) is 3.83. The lowest BCUT2D eigenvalue weighted by atomic mass is 9.94. The van der Waals surface area contributed by atoms with Crippen LogP contribution in [0.1, 0.15) is 25.0 Å². The first kappa shape index (κ1) is 12.7. The molecule has 0 unspecified atom stereocenters. The van der Waals surface area contributed by atoms with Gasteiger partial charge in [0.05, 0.1) is 0 Å². The Kier molecular flexibility index (Phi) is 4.03. The van der Waals surface area contributed by atoms with Crippen LogP contribution in [0.25, 0.3) is 10.8 Å². The van der Waals surface area contributed by atoms with Crippen LogP contribution in [0.3, 0.4) is 0 Å². The van der Waals surface area contributed by atoms with Gasteiger partial charge in [-0.15, -0.1) is 0 Å². The van der Waals surface area contributed by atoms with Crippen LogP contribution in [0.2, 0.25) is 0 Å². The Balaban J connectivity index is 2.65. The Hall–Kier alpha value is -1.76. The van der Waals surface area contributed by atoms with Gasteiger partial charge < -0.3 is 4.74 Å². The lowest BCUT2D eigenvalue weighted by molar-refractivity contribution is 0.359. The van der Waals surface area contributed by atoms with Crippen LogP contribution in [0.15, 0.2) is 43.0 Å². The zero-order valence-electron chi connectivity index (χ0n) is 11.2. The van der Waals surface area contributed by atoms with Crippen LogP contribution in [-0.2, 0) is 12.8 Å². The molecule has 0 fully saturated rings. The topological polar surface area (TPSA) is 9.23 Å². The molecule has 0 amide bonds. The highest BCUT2D eigenvalue weighted by molar-refractivity contribution is 5.88. The van der Waals surface area contributed by atoms with E-state index < -0.39 is 0 Å². The van der Waals surface area contributed by atoms with Gasteiger partial charge >= 0.3 is 0 Å². The lowest BCUT2D eigenvalue weighted by Crippen LogP contribution is -2.01. The van der Waals surface area contributed by atoms with Gasteiger partial charge in [0.1, 0.15) is 12.4 Å². The maximum Gasteiger partial charge on any atom is 0.123 e. The third kappa shape index (κ3) is 2.26.